The van der Waals surface area contributed by atoms with Gasteiger partial charge in [0.1, 0.15) is 0 Å². The summed E-state index contributed by atoms with van der Waals surface area (Å²) in [6.07, 6.45) is 6.31. The molecule has 1 aliphatic heterocycles. The minimum Gasteiger partial charge on any atom is -0.339 e. The van der Waals surface area contributed by atoms with Crippen molar-refractivity contribution in [2.24, 2.45) is 0 Å². The van der Waals surface area contributed by atoms with E-state index in [2.05, 4.69) is 41.8 Å². The smallest absolute Gasteiger partial charge is 0.0722 e. The van der Waals surface area contributed by atoms with E-state index in [-0.39, 0.29) is 0 Å². The van der Waals surface area contributed by atoms with Gasteiger partial charge in [0.15, 0.2) is 0 Å². The highest BCUT2D eigenvalue weighted by Crippen LogP contribution is 2.46. The second kappa shape index (κ2) is 5.23. The molecule has 1 nitrogen and oxygen atoms in total. The Morgan fingerprint density at radius 1 is 1.11 bits per heavy atom. The molecule has 1 aliphatic carbocycles. The van der Waals surface area contributed by atoms with Gasteiger partial charge in [0.05, 0.1) is 5.03 Å². The van der Waals surface area contributed by atoms with Crippen molar-refractivity contribution in [3.05, 3.63) is 58.1 Å². The average molecular weight is 257 g/mol. The van der Waals surface area contributed by atoms with E-state index in [1.807, 2.05) is 11.8 Å². The van der Waals surface area contributed by atoms with Crippen molar-refractivity contribution < 1.29 is 0 Å². The second-order valence-corrected chi connectivity index (χ2v) is 6.13. The number of hydrogen-bond donors (Lipinski definition) is 0. The lowest BCUT2D eigenvalue weighted by Crippen LogP contribution is -2.21. The number of thioether (sulfide) groups is 1. The molecule has 0 radical (unpaired) electrons. The van der Waals surface area contributed by atoms with Crippen molar-refractivity contribution in [2.75, 3.05) is 6.54 Å². The molecule has 0 spiro atoms. The fraction of sp³-hybridized carbons (Fsp3) is 0.375. The summed E-state index contributed by atoms with van der Waals surface area (Å²) in [6, 6.07) is 10.7. The van der Waals surface area contributed by atoms with E-state index in [1.54, 1.807) is 10.6 Å². The first-order valence-electron chi connectivity index (χ1n) is 6.75. The van der Waals surface area contributed by atoms with Crippen LogP contribution in [0.4, 0.5) is 0 Å². The molecule has 2 aliphatic rings. The Morgan fingerprint density at radius 2 is 1.89 bits per heavy atom. The highest BCUT2D eigenvalue weighted by atomic mass is 32.2. The molecule has 1 aromatic rings. The van der Waals surface area contributed by atoms with Crippen molar-refractivity contribution >= 4 is 11.8 Å². The quantitative estimate of drug-likeness (QED) is 0.782. The number of benzene rings is 1. The molecular formula is C16H19NS. The number of nitrogens with zero attached hydrogens (tertiary/aromatic N) is 1. The largest absolute Gasteiger partial charge is 0.339 e. The molecule has 1 aromatic carbocycles. The highest BCUT2D eigenvalue weighted by Gasteiger charge is 2.27. The Balaban J connectivity index is 1.69. The van der Waals surface area contributed by atoms with E-state index >= 15 is 0 Å². The standard InChI is InChI=1S/C16H19NS/c1-13-17(12-11-14-7-3-2-4-8-14)15-9-5-6-10-16(15)18-13/h2-4,7-8H,1,5-6,9-12H2. The zero-order chi connectivity index (χ0) is 12.4. The first-order valence-corrected chi connectivity index (χ1v) is 7.56. The lowest BCUT2D eigenvalue weighted by molar-refractivity contribution is 0.428. The van der Waals surface area contributed by atoms with Crippen LogP contribution in [0.5, 0.6) is 0 Å². The van der Waals surface area contributed by atoms with Gasteiger partial charge in [-0.2, -0.15) is 0 Å². The molecule has 94 valence electrons. The van der Waals surface area contributed by atoms with E-state index in [1.165, 1.54) is 36.3 Å². The molecule has 0 atom stereocenters. The number of allylic oxidation sites excluding steroid dienone is 2. The normalized spacial score (nSPS) is 19.3. The number of hydrogen-bond acceptors (Lipinski definition) is 2. The van der Waals surface area contributed by atoms with Gasteiger partial charge in [-0.3, -0.25) is 0 Å². The van der Waals surface area contributed by atoms with Crippen LogP contribution in [0, 0.1) is 0 Å². The van der Waals surface area contributed by atoms with Crippen LogP contribution in [0.2, 0.25) is 0 Å². The summed E-state index contributed by atoms with van der Waals surface area (Å²) in [5.74, 6) is 0. The summed E-state index contributed by atoms with van der Waals surface area (Å²) in [4.78, 5) is 4.03. The first-order chi connectivity index (χ1) is 8.84. The highest BCUT2D eigenvalue weighted by molar-refractivity contribution is 8.06. The molecule has 0 N–H and O–H groups in total. The minimum absolute atomic E-state index is 1.08. The van der Waals surface area contributed by atoms with Gasteiger partial charge < -0.3 is 4.90 Å². The summed E-state index contributed by atoms with van der Waals surface area (Å²) < 4.78 is 0. The Hall–Kier alpha value is -1.15. The van der Waals surface area contributed by atoms with Crippen molar-refractivity contribution in [2.45, 2.75) is 32.1 Å². The summed E-state index contributed by atoms with van der Waals surface area (Å²) >= 11 is 1.90. The van der Waals surface area contributed by atoms with Gasteiger partial charge in [-0.05, 0) is 37.7 Å². The third-order valence-electron chi connectivity index (χ3n) is 3.72. The van der Waals surface area contributed by atoms with Gasteiger partial charge in [-0.25, -0.2) is 0 Å². The van der Waals surface area contributed by atoms with E-state index in [0.29, 0.717) is 0 Å². The molecule has 0 unspecified atom stereocenters. The number of rotatable bonds is 3. The third-order valence-corrected chi connectivity index (χ3v) is 4.87. The Kier molecular flexibility index (Phi) is 3.46. The van der Waals surface area contributed by atoms with Crippen LogP contribution in [0.1, 0.15) is 31.2 Å². The molecule has 3 rings (SSSR count). The van der Waals surface area contributed by atoms with E-state index in [9.17, 15) is 0 Å². The van der Waals surface area contributed by atoms with Gasteiger partial charge in [0.2, 0.25) is 0 Å². The lowest BCUT2D eigenvalue weighted by Gasteiger charge is -2.24. The maximum atomic E-state index is 4.22. The van der Waals surface area contributed by atoms with E-state index < -0.39 is 0 Å². The molecule has 2 heteroatoms. The minimum atomic E-state index is 1.08. The molecule has 0 saturated heterocycles. The van der Waals surface area contributed by atoms with Crippen molar-refractivity contribution in [1.29, 1.82) is 0 Å². The molecule has 0 saturated carbocycles. The maximum Gasteiger partial charge on any atom is 0.0722 e. The summed E-state index contributed by atoms with van der Waals surface area (Å²) in [7, 11) is 0. The van der Waals surface area contributed by atoms with Crippen LogP contribution in [0.25, 0.3) is 0 Å². The van der Waals surface area contributed by atoms with E-state index in [4.69, 9.17) is 0 Å². The average Bonchev–Trinajstić information content (AvgIpc) is 2.73. The molecule has 0 fully saturated rings. The predicted octanol–water partition coefficient (Wildman–Crippen LogP) is 4.53. The Labute approximate surface area is 114 Å². The molecule has 1 heterocycles. The summed E-state index contributed by atoms with van der Waals surface area (Å²) in [5.41, 5.74) is 2.98. The fourth-order valence-corrected chi connectivity index (χ4v) is 3.92. The Morgan fingerprint density at radius 3 is 2.72 bits per heavy atom. The second-order valence-electron chi connectivity index (χ2n) is 4.96. The monoisotopic (exact) mass is 257 g/mol. The SMILES string of the molecule is C=C1SC2=C(CCCC2)N1CCc1ccccc1. The predicted molar refractivity (Wildman–Crippen MR) is 79.1 cm³/mol. The van der Waals surface area contributed by atoms with Gasteiger partial charge in [0, 0.05) is 17.1 Å². The first kappa shape index (κ1) is 11.9. The molecule has 18 heavy (non-hydrogen) atoms. The van der Waals surface area contributed by atoms with Gasteiger partial charge in [-0.15, -0.1) is 0 Å². The zero-order valence-electron chi connectivity index (χ0n) is 10.7. The van der Waals surface area contributed by atoms with Gasteiger partial charge in [0.25, 0.3) is 0 Å². The van der Waals surface area contributed by atoms with Crippen LogP contribution in [0.3, 0.4) is 0 Å². The zero-order valence-corrected chi connectivity index (χ0v) is 11.5. The topological polar surface area (TPSA) is 3.24 Å². The third kappa shape index (κ3) is 2.35. The molecule has 0 aromatic heterocycles. The van der Waals surface area contributed by atoms with Crippen LogP contribution >= 0.6 is 11.8 Å². The lowest BCUT2D eigenvalue weighted by atomic mass is 10.0. The van der Waals surface area contributed by atoms with Crippen LogP contribution in [0.15, 0.2) is 52.5 Å². The van der Waals surface area contributed by atoms with Crippen molar-refractivity contribution in [3.63, 3.8) is 0 Å². The van der Waals surface area contributed by atoms with Crippen molar-refractivity contribution in [1.82, 2.24) is 4.90 Å². The van der Waals surface area contributed by atoms with Crippen molar-refractivity contribution in [3.8, 4) is 0 Å². The van der Waals surface area contributed by atoms with Gasteiger partial charge >= 0.3 is 0 Å². The molecular weight excluding hydrogens is 238 g/mol. The van der Waals surface area contributed by atoms with Gasteiger partial charge in [-0.1, -0.05) is 48.7 Å². The summed E-state index contributed by atoms with van der Waals surface area (Å²) in [6.45, 7) is 5.30. The summed E-state index contributed by atoms with van der Waals surface area (Å²) in [5, 5.41) is 1.23. The van der Waals surface area contributed by atoms with Crippen LogP contribution < -0.4 is 0 Å². The fourth-order valence-electron chi connectivity index (χ4n) is 2.75. The maximum absolute atomic E-state index is 4.22. The molecule has 0 bridgehead atoms. The van der Waals surface area contributed by atoms with Crippen LogP contribution in [-0.4, -0.2) is 11.4 Å². The Bertz CT molecular complexity index is 475. The van der Waals surface area contributed by atoms with Crippen LogP contribution in [-0.2, 0) is 6.42 Å². The molecule has 0 amide bonds. The van der Waals surface area contributed by atoms with E-state index in [0.717, 1.165) is 13.0 Å².